The van der Waals surface area contributed by atoms with Crippen LogP contribution in [0, 0.1) is 5.41 Å². The van der Waals surface area contributed by atoms with Crippen LogP contribution in [0.3, 0.4) is 0 Å². The van der Waals surface area contributed by atoms with Crippen molar-refractivity contribution < 1.29 is 9.47 Å². The van der Waals surface area contributed by atoms with Gasteiger partial charge in [0.15, 0.2) is 0 Å². The molecule has 136 valence electrons. The molecule has 26 heavy (non-hydrogen) atoms. The minimum Gasteiger partial charge on any atom is -0.489 e. The van der Waals surface area contributed by atoms with Gasteiger partial charge in [0.1, 0.15) is 23.4 Å². The zero-order chi connectivity index (χ0) is 18.5. The number of ether oxygens (including phenoxy) is 2. The Morgan fingerprint density at radius 3 is 2.65 bits per heavy atom. The van der Waals surface area contributed by atoms with E-state index in [1.54, 1.807) is 6.08 Å². The number of fused-ring (bicyclic) bond motifs is 1. The molecule has 0 aromatic heterocycles. The summed E-state index contributed by atoms with van der Waals surface area (Å²) in [5, 5.41) is 7.08. The summed E-state index contributed by atoms with van der Waals surface area (Å²) in [7, 11) is 4.13. The van der Waals surface area contributed by atoms with E-state index in [2.05, 4.69) is 25.1 Å². The lowest BCUT2D eigenvalue weighted by Crippen LogP contribution is -2.33. The van der Waals surface area contributed by atoms with Crippen molar-refractivity contribution in [3.8, 4) is 17.2 Å². The average molecular weight is 351 g/mol. The van der Waals surface area contributed by atoms with Gasteiger partial charge in [0.2, 0.25) is 0 Å². The molecule has 1 heterocycles. The number of likely N-dealkylation sites (N-methyl/N-ethyl adjacent to an activating group) is 1. The quantitative estimate of drug-likeness (QED) is 0.779. The molecule has 2 aromatic rings. The number of nitrogens with zero attached hydrogens (tertiary/aromatic N) is 1. The summed E-state index contributed by atoms with van der Waals surface area (Å²) in [4.78, 5) is 2.15. The maximum absolute atomic E-state index is 7.08. The van der Waals surface area contributed by atoms with Crippen molar-refractivity contribution in [2.24, 2.45) is 5.73 Å². The average Bonchev–Trinajstić information content (AvgIpc) is 2.62. The van der Waals surface area contributed by atoms with Crippen LogP contribution in [-0.4, -0.2) is 37.9 Å². The molecular formula is C21H25N3O2. The standard InChI is InChI=1S/C21H25N3O2/c1-24(2)14-19-8-5-16-13-18(9-10-21(16)26-19)25-17-6-3-15(4-7-17)20(23)11-12-22/h3-4,6-7,9-13,19,22H,5,8,14,23H2,1-2H3/b20-11-,22-12?. The van der Waals surface area contributed by atoms with E-state index in [1.807, 2.05) is 36.4 Å². The van der Waals surface area contributed by atoms with E-state index in [0.29, 0.717) is 5.70 Å². The van der Waals surface area contributed by atoms with Crippen LogP contribution >= 0.6 is 0 Å². The van der Waals surface area contributed by atoms with Crippen LogP contribution in [0.1, 0.15) is 17.5 Å². The van der Waals surface area contributed by atoms with E-state index < -0.39 is 0 Å². The lowest BCUT2D eigenvalue weighted by molar-refractivity contribution is 0.137. The number of benzene rings is 2. The first-order valence-corrected chi connectivity index (χ1v) is 8.74. The van der Waals surface area contributed by atoms with E-state index in [4.69, 9.17) is 20.6 Å². The molecule has 1 aliphatic rings. The molecule has 3 rings (SSSR count). The third-order valence-electron chi connectivity index (χ3n) is 4.32. The van der Waals surface area contributed by atoms with Gasteiger partial charge in [-0.25, -0.2) is 0 Å². The van der Waals surface area contributed by atoms with Crippen LogP contribution in [0.25, 0.3) is 5.70 Å². The van der Waals surface area contributed by atoms with Crippen molar-refractivity contribution in [3.63, 3.8) is 0 Å². The monoisotopic (exact) mass is 351 g/mol. The van der Waals surface area contributed by atoms with Crippen molar-refractivity contribution in [1.29, 1.82) is 5.41 Å². The van der Waals surface area contributed by atoms with E-state index in [-0.39, 0.29) is 6.10 Å². The van der Waals surface area contributed by atoms with Crippen molar-refractivity contribution in [2.45, 2.75) is 18.9 Å². The molecular weight excluding hydrogens is 326 g/mol. The maximum Gasteiger partial charge on any atom is 0.127 e. The maximum atomic E-state index is 7.08. The molecule has 0 amide bonds. The summed E-state index contributed by atoms with van der Waals surface area (Å²) in [6, 6.07) is 13.5. The van der Waals surface area contributed by atoms with Crippen LogP contribution in [0.15, 0.2) is 48.5 Å². The van der Waals surface area contributed by atoms with Gasteiger partial charge in [-0.15, -0.1) is 0 Å². The van der Waals surface area contributed by atoms with Crippen LogP contribution < -0.4 is 15.2 Å². The van der Waals surface area contributed by atoms with Gasteiger partial charge >= 0.3 is 0 Å². The van der Waals surface area contributed by atoms with E-state index in [0.717, 1.165) is 42.2 Å². The fourth-order valence-electron chi connectivity index (χ4n) is 3.06. The topological polar surface area (TPSA) is 71.6 Å². The Balaban J connectivity index is 1.68. The number of aryl methyl sites for hydroxylation is 1. The number of nitrogens with one attached hydrogen (secondary N) is 1. The van der Waals surface area contributed by atoms with Gasteiger partial charge in [-0.05, 0) is 86.6 Å². The molecule has 2 aromatic carbocycles. The molecule has 1 unspecified atom stereocenters. The van der Waals surface area contributed by atoms with Crippen molar-refractivity contribution in [1.82, 2.24) is 4.90 Å². The molecule has 0 radical (unpaired) electrons. The summed E-state index contributed by atoms with van der Waals surface area (Å²) in [5.41, 5.74) is 8.49. The third-order valence-corrected chi connectivity index (χ3v) is 4.32. The smallest absolute Gasteiger partial charge is 0.127 e. The molecule has 0 bridgehead atoms. The van der Waals surface area contributed by atoms with Crippen molar-refractivity contribution in [3.05, 3.63) is 59.7 Å². The summed E-state index contributed by atoms with van der Waals surface area (Å²) in [6.45, 7) is 0.930. The first-order valence-electron chi connectivity index (χ1n) is 8.74. The summed E-state index contributed by atoms with van der Waals surface area (Å²) >= 11 is 0. The summed E-state index contributed by atoms with van der Waals surface area (Å²) in [5.74, 6) is 2.50. The lowest BCUT2D eigenvalue weighted by atomic mass is 10.0. The Bertz CT molecular complexity index is 797. The zero-order valence-electron chi connectivity index (χ0n) is 15.2. The highest BCUT2D eigenvalue weighted by molar-refractivity contribution is 5.81. The van der Waals surface area contributed by atoms with Gasteiger partial charge in [0.05, 0.1) is 0 Å². The highest BCUT2D eigenvalue weighted by Gasteiger charge is 2.20. The predicted molar refractivity (Wildman–Crippen MR) is 105 cm³/mol. The first-order chi connectivity index (χ1) is 12.5. The minimum absolute atomic E-state index is 0.247. The fourth-order valence-corrected chi connectivity index (χ4v) is 3.06. The third kappa shape index (κ3) is 4.43. The second-order valence-corrected chi connectivity index (χ2v) is 6.73. The molecule has 5 nitrogen and oxygen atoms in total. The molecule has 5 heteroatoms. The number of allylic oxidation sites excluding steroid dienone is 1. The van der Waals surface area contributed by atoms with Gasteiger partial charge in [-0.2, -0.15) is 0 Å². The van der Waals surface area contributed by atoms with Gasteiger partial charge < -0.3 is 25.5 Å². The lowest BCUT2D eigenvalue weighted by Gasteiger charge is -2.28. The van der Waals surface area contributed by atoms with Crippen molar-refractivity contribution >= 4 is 11.9 Å². The van der Waals surface area contributed by atoms with Crippen LogP contribution in [0.5, 0.6) is 17.2 Å². The summed E-state index contributed by atoms with van der Waals surface area (Å²) < 4.78 is 12.0. The minimum atomic E-state index is 0.247. The molecule has 1 aliphatic heterocycles. The molecule has 3 N–H and O–H groups in total. The Morgan fingerprint density at radius 2 is 1.96 bits per heavy atom. The highest BCUT2D eigenvalue weighted by atomic mass is 16.5. The molecule has 0 spiro atoms. The SMILES string of the molecule is CN(C)CC1CCc2cc(Oc3ccc(/C(N)=C/C=N)cc3)ccc2O1. The molecule has 0 aliphatic carbocycles. The Morgan fingerprint density at radius 1 is 1.23 bits per heavy atom. The molecule has 0 saturated carbocycles. The van der Waals surface area contributed by atoms with Gasteiger partial charge in [0.25, 0.3) is 0 Å². The summed E-state index contributed by atoms with van der Waals surface area (Å²) in [6.07, 6.45) is 4.99. The first kappa shape index (κ1) is 18.0. The molecule has 0 saturated heterocycles. The zero-order valence-corrected chi connectivity index (χ0v) is 15.2. The fraction of sp³-hybridized carbons (Fsp3) is 0.286. The van der Waals surface area contributed by atoms with Crippen LogP contribution in [0.2, 0.25) is 0 Å². The predicted octanol–water partition coefficient (Wildman–Crippen LogP) is 3.68. The second kappa shape index (κ2) is 8.06. The molecule has 1 atom stereocenters. The number of nitrogens with two attached hydrogens (primary N) is 1. The van der Waals surface area contributed by atoms with E-state index in [9.17, 15) is 0 Å². The Kier molecular flexibility index (Phi) is 5.58. The Labute approximate surface area is 154 Å². The van der Waals surface area contributed by atoms with Crippen LogP contribution in [-0.2, 0) is 6.42 Å². The Hall–Kier alpha value is -2.79. The number of hydrogen-bond acceptors (Lipinski definition) is 5. The van der Waals surface area contributed by atoms with E-state index >= 15 is 0 Å². The van der Waals surface area contributed by atoms with E-state index in [1.165, 1.54) is 11.8 Å². The number of rotatable bonds is 6. The highest BCUT2D eigenvalue weighted by Crippen LogP contribution is 2.33. The number of hydrogen-bond donors (Lipinski definition) is 2. The van der Waals surface area contributed by atoms with Crippen LogP contribution in [0.4, 0.5) is 0 Å². The normalized spacial score (nSPS) is 16.7. The van der Waals surface area contributed by atoms with Gasteiger partial charge in [-0.3, -0.25) is 0 Å². The van der Waals surface area contributed by atoms with Gasteiger partial charge in [-0.1, -0.05) is 0 Å². The largest absolute Gasteiger partial charge is 0.489 e. The second-order valence-electron chi connectivity index (χ2n) is 6.73. The molecule has 0 fully saturated rings. The van der Waals surface area contributed by atoms with Crippen molar-refractivity contribution in [2.75, 3.05) is 20.6 Å². The van der Waals surface area contributed by atoms with Gasteiger partial charge in [0, 0.05) is 18.5 Å².